The Kier molecular flexibility index (Phi) is 4.97. The standard InChI is InChI=1S/C17H26N6O/c1-4-14-11-15(23-17(20-14)18-12-19-23)21-7-9-22(10-8-21)16(24)6-5-13(2)3/h11-13H,4-10H2,1-3H3. The lowest BCUT2D eigenvalue weighted by atomic mass is 10.1. The van der Waals surface area contributed by atoms with Crippen molar-refractivity contribution in [1.82, 2.24) is 24.5 Å². The molecule has 1 aliphatic heterocycles. The Morgan fingerprint density at radius 3 is 2.67 bits per heavy atom. The molecule has 7 nitrogen and oxygen atoms in total. The summed E-state index contributed by atoms with van der Waals surface area (Å²) in [5.41, 5.74) is 1.01. The van der Waals surface area contributed by atoms with Crippen LogP contribution in [0.4, 0.5) is 5.82 Å². The van der Waals surface area contributed by atoms with E-state index in [2.05, 4.69) is 46.8 Å². The summed E-state index contributed by atoms with van der Waals surface area (Å²) in [7, 11) is 0. The Labute approximate surface area is 142 Å². The number of hydrogen-bond donors (Lipinski definition) is 0. The zero-order chi connectivity index (χ0) is 17.1. The molecular formula is C17H26N6O. The summed E-state index contributed by atoms with van der Waals surface area (Å²) in [6.45, 7) is 9.55. The Bertz CT molecular complexity index is 702. The van der Waals surface area contributed by atoms with E-state index in [1.807, 2.05) is 4.90 Å². The highest BCUT2D eigenvalue weighted by molar-refractivity contribution is 5.76. The van der Waals surface area contributed by atoms with E-state index in [0.29, 0.717) is 18.1 Å². The van der Waals surface area contributed by atoms with Gasteiger partial charge in [0.1, 0.15) is 12.1 Å². The molecule has 0 aromatic carbocycles. The van der Waals surface area contributed by atoms with Crippen LogP contribution in [0.1, 0.15) is 39.3 Å². The number of aryl methyl sites for hydroxylation is 1. The molecule has 24 heavy (non-hydrogen) atoms. The number of aromatic nitrogens is 4. The van der Waals surface area contributed by atoms with Gasteiger partial charge in [0.25, 0.3) is 5.78 Å². The molecule has 0 N–H and O–H groups in total. The minimum Gasteiger partial charge on any atom is -0.353 e. The van der Waals surface area contributed by atoms with Crippen LogP contribution < -0.4 is 4.90 Å². The monoisotopic (exact) mass is 330 g/mol. The minimum absolute atomic E-state index is 0.276. The van der Waals surface area contributed by atoms with E-state index in [4.69, 9.17) is 0 Å². The Morgan fingerprint density at radius 2 is 2.00 bits per heavy atom. The Balaban J connectivity index is 1.69. The maximum absolute atomic E-state index is 12.3. The first-order valence-electron chi connectivity index (χ1n) is 8.81. The van der Waals surface area contributed by atoms with Crippen molar-refractivity contribution in [2.45, 2.75) is 40.0 Å². The van der Waals surface area contributed by atoms with Crippen molar-refractivity contribution in [3.05, 3.63) is 18.1 Å². The van der Waals surface area contributed by atoms with Gasteiger partial charge in [-0.1, -0.05) is 20.8 Å². The number of carbonyl (C=O) groups excluding carboxylic acids is 1. The highest BCUT2D eigenvalue weighted by Gasteiger charge is 2.23. The van der Waals surface area contributed by atoms with Gasteiger partial charge >= 0.3 is 0 Å². The van der Waals surface area contributed by atoms with E-state index in [1.165, 1.54) is 6.33 Å². The second-order valence-corrected chi connectivity index (χ2v) is 6.73. The van der Waals surface area contributed by atoms with Gasteiger partial charge in [0, 0.05) is 44.4 Å². The van der Waals surface area contributed by atoms with E-state index in [9.17, 15) is 4.79 Å². The lowest BCUT2D eigenvalue weighted by molar-refractivity contribution is -0.131. The highest BCUT2D eigenvalue weighted by Crippen LogP contribution is 2.19. The molecule has 0 radical (unpaired) electrons. The molecule has 0 bridgehead atoms. The largest absolute Gasteiger partial charge is 0.353 e. The van der Waals surface area contributed by atoms with Crippen LogP contribution in [0.2, 0.25) is 0 Å². The van der Waals surface area contributed by atoms with Crippen LogP contribution in [0, 0.1) is 5.92 Å². The zero-order valence-corrected chi connectivity index (χ0v) is 14.8. The summed E-state index contributed by atoms with van der Waals surface area (Å²) >= 11 is 0. The van der Waals surface area contributed by atoms with E-state index < -0.39 is 0 Å². The van der Waals surface area contributed by atoms with E-state index in [-0.39, 0.29) is 5.91 Å². The summed E-state index contributed by atoms with van der Waals surface area (Å²) in [6, 6.07) is 2.08. The number of hydrogen-bond acceptors (Lipinski definition) is 5. The second-order valence-electron chi connectivity index (χ2n) is 6.73. The van der Waals surface area contributed by atoms with Gasteiger partial charge in [-0.05, 0) is 18.8 Å². The molecule has 1 amide bonds. The van der Waals surface area contributed by atoms with Gasteiger partial charge in [-0.25, -0.2) is 4.98 Å². The van der Waals surface area contributed by atoms with Gasteiger partial charge < -0.3 is 9.80 Å². The molecule has 0 spiro atoms. The number of rotatable bonds is 5. The summed E-state index contributed by atoms with van der Waals surface area (Å²) in [6.07, 6.45) is 4.02. The van der Waals surface area contributed by atoms with Gasteiger partial charge in [-0.3, -0.25) is 4.79 Å². The lowest BCUT2D eigenvalue weighted by Crippen LogP contribution is -2.49. The molecule has 2 aromatic rings. The van der Waals surface area contributed by atoms with Gasteiger partial charge in [-0.15, -0.1) is 0 Å². The molecule has 1 saturated heterocycles. The predicted octanol–water partition coefficient (Wildman–Crippen LogP) is 1.77. The molecule has 0 unspecified atom stereocenters. The van der Waals surface area contributed by atoms with Gasteiger partial charge in [-0.2, -0.15) is 14.6 Å². The van der Waals surface area contributed by atoms with Crippen LogP contribution in [-0.4, -0.2) is 56.6 Å². The molecule has 2 aromatic heterocycles. The molecule has 1 aliphatic rings. The quantitative estimate of drug-likeness (QED) is 0.836. The zero-order valence-electron chi connectivity index (χ0n) is 14.8. The minimum atomic E-state index is 0.276. The molecule has 130 valence electrons. The summed E-state index contributed by atoms with van der Waals surface area (Å²) in [4.78, 5) is 25.3. The average molecular weight is 330 g/mol. The van der Waals surface area contributed by atoms with Crippen LogP contribution in [0.25, 0.3) is 5.78 Å². The van der Waals surface area contributed by atoms with E-state index >= 15 is 0 Å². The van der Waals surface area contributed by atoms with Crippen LogP contribution in [0.3, 0.4) is 0 Å². The van der Waals surface area contributed by atoms with Crippen LogP contribution in [0.5, 0.6) is 0 Å². The maximum atomic E-state index is 12.3. The fraction of sp³-hybridized carbons (Fsp3) is 0.647. The Morgan fingerprint density at radius 1 is 1.25 bits per heavy atom. The molecule has 0 atom stereocenters. The molecule has 0 saturated carbocycles. The van der Waals surface area contributed by atoms with Crippen LogP contribution in [-0.2, 0) is 11.2 Å². The third-order valence-electron chi connectivity index (χ3n) is 4.54. The van der Waals surface area contributed by atoms with E-state index in [0.717, 1.165) is 50.5 Å². The molecule has 1 fully saturated rings. The normalized spacial score (nSPS) is 15.5. The van der Waals surface area contributed by atoms with Crippen molar-refractivity contribution >= 4 is 17.5 Å². The number of amides is 1. The van der Waals surface area contributed by atoms with Crippen molar-refractivity contribution in [3.8, 4) is 0 Å². The molecule has 0 aliphatic carbocycles. The van der Waals surface area contributed by atoms with E-state index in [1.54, 1.807) is 4.52 Å². The third kappa shape index (κ3) is 3.49. The lowest BCUT2D eigenvalue weighted by Gasteiger charge is -2.36. The first kappa shape index (κ1) is 16.7. The van der Waals surface area contributed by atoms with Crippen molar-refractivity contribution < 1.29 is 4.79 Å². The summed E-state index contributed by atoms with van der Waals surface area (Å²) in [5, 5.41) is 4.29. The fourth-order valence-electron chi connectivity index (χ4n) is 3.01. The molecule has 3 heterocycles. The average Bonchev–Trinajstić information content (AvgIpc) is 3.07. The number of fused-ring (bicyclic) bond motifs is 1. The fourth-order valence-corrected chi connectivity index (χ4v) is 3.01. The second kappa shape index (κ2) is 7.15. The van der Waals surface area contributed by atoms with Crippen molar-refractivity contribution in [2.24, 2.45) is 5.92 Å². The first-order valence-corrected chi connectivity index (χ1v) is 8.81. The van der Waals surface area contributed by atoms with Crippen molar-refractivity contribution in [2.75, 3.05) is 31.1 Å². The summed E-state index contributed by atoms with van der Waals surface area (Å²) < 4.78 is 1.79. The highest BCUT2D eigenvalue weighted by atomic mass is 16.2. The molecular weight excluding hydrogens is 304 g/mol. The predicted molar refractivity (Wildman–Crippen MR) is 93.0 cm³/mol. The maximum Gasteiger partial charge on any atom is 0.254 e. The van der Waals surface area contributed by atoms with Crippen LogP contribution >= 0.6 is 0 Å². The molecule has 3 rings (SSSR count). The van der Waals surface area contributed by atoms with Crippen LogP contribution in [0.15, 0.2) is 12.4 Å². The van der Waals surface area contributed by atoms with Crippen molar-refractivity contribution in [1.29, 1.82) is 0 Å². The Hall–Kier alpha value is -2.18. The number of carbonyl (C=O) groups is 1. The smallest absolute Gasteiger partial charge is 0.254 e. The topological polar surface area (TPSA) is 66.6 Å². The summed E-state index contributed by atoms with van der Waals surface area (Å²) in [5.74, 6) is 2.50. The SMILES string of the molecule is CCc1cc(N2CCN(C(=O)CCC(C)C)CC2)n2ncnc2n1. The molecule has 7 heteroatoms. The first-order chi connectivity index (χ1) is 11.6. The third-order valence-corrected chi connectivity index (χ3v) is 4.54. The van der Waals surface area contributed by atoms with Gasteiger partial charge in [0.05, 0.1) is 0 Å². The number of anilines is 1. The van der Waals surface area contributed by atoms with Gasteiger partial charge in [0.15, 0.2) is 0 Å². The number of piperazine rings is 1. The number of nitrogens with zero attached hydrogens (tertiary/aromatic N) is 6. The van der Waals surface area contributed by atoms with Crippen molar-refractivity contribution in [3.63, 3.8) is 0 Å². The van der Waals surface area contributed by atoms with Gasteiger partial charge in [0.2, 0.25) is 5.91 Å².